The van der Waals surface area contributed by atoms with E-state index in [1.165, 1.54) is 23.9 Å². The molecule has 0 N–H and O–H groups in total. The molecule has 0 unspecified atom stereocenters. The van der Waals surface area contributed by atoms with Crippen molar-refractivity contribution < 1.29 is 9.18 Å². The zero-order valence-electron chi connectivity index (χ0n) is 9.27. The Balaban J connectivity index is 2.06. The average molecular weight is 282 g/mol. The Morgan fingerprint density at radius 2 is 2.06 bits per heavy atom. The van der Waals surface area contributed by atoms with Crippen LogP contribution in [0.15, 0.2) is 47.6 Å². The molecule has 92 valence electrons. The highest BCUT2D eigenvalue weighted by molar-refractivity contribution is 8.00. The molecule has 0 aliphatic carbocycles. The van der Waals surface area contributed by atoms with Gasteiger partial charge in [0, 0.05) is 6.20 Å². The zero-order valence-corrected chi connectivity index (χ0v) is 10.8. The van der Waals surface area contributed by atoms with Crippen LogP contribution >= 0.6 is 23.4 Å². The zero-order chi connectivity index (χ0) is 13.0. The van der Waals surface area contributed by atoms with Gasteiger partial charge in [-0.15, -0.1) is 0 Å². The van der Waals surface area contributed by atoms with Crippen LogP contribution in [0.4, 0.5) is 4.39 Å². The third-order valence-corrected chi connectivity index (χ3v) is 3.66. The molecule has 0 bridgehead atoms. The van der Waals surface area contributed by atoms with Crippen molar-refractivity contribution in [2.24, 2.45) is 0 Å². The van der Waals surface area contributed by atoms with E-state index in [0.717, 1.165) is 0 Å². The van der Waals surface area contributed by atoms with Gasteiger partial charge in [-0.25, -0.2) is 9.37 Å². The highest BCUT2D eigenvalue weighted by Gasteiger charge is 2.12. The fourth-order valence-electron chi connectivity index (χ4n) is 1.38. The van der Waals surface area contributed by atoms with Crippen LogP contribution in [0, 0.1) is 5.82 Å². The van der Waals surface area contributed by atoms with E-state index in [0.29, 0.717) is 10.0 Å². The van der Waals surface area contributed by atoms with Crippen molar-refractivity contribution in [3.63, 3.8) is 0 Å². The summed E-state index contributed by atoms with van der Waals surface area (Å²) in [6, 6.07) is 9.34. The van der Waals surface area contributed by atoms with Crippen LogP contribution in [-0.2, 0) is 0 Å². The summed E-state index contributed by atoms with van der Waals surface area (Å²) in [6.45, 7) is 0. The molecule has 2 rings (SSSR count). The lowest BCUT2D eigenvalue weighted by atomic mass is 10.1. The first-order valence-electron chi connectivity index (χ1n) is 5.19. The molecule has 0 aliphatic rings. The molecule has 0 spiro atoms. The maximum atomic E-state index is 13.4. The molecular weight excluding hydrogens is 273 g/mol. The van der Waals surface area contributed by atoms with Crippen LogP contribution in [0.3, 0.4) is 0 Å². The van der Waals surface area contributed by atoms with Crippen LogP contribution in [0.25, 0.3) is 0 Å². The van der Waals surface area contributed by atoms with Gasteiger partial charge in [-0.1, -0.05) is 35.5 Å². The fraction of sp³-hybridized carbons (Fsp3) is 0.0769. The summed E-state index contributed by atoms with van der Waals surface area (Å²) in [6.07, 6.45) is 1.60. The number of pyridine rings is 1. The maximum Gasteiger partial charge on any atom is 0.176 e. The van der Waals surface area contributed by atoms with E-state index >= 15 is 0 Å². The molecule has 0 fully saturated rings. The predicted molar refractivity (Wildman–Crippen MR) is 70.7 cm³/mol. The number of hydrogen-bond acceptors (Lipinski definition) is 3. The van der Waals surface area contributed by atoms with E-state index < -0.39 is 5.82 Å². The van der Waals surface area contributed by atoms with Gasteiger partial charge in [-0.3, -0.25) is 4.79 Å². The molecule has 5 heteroatoms. The predicted octanol–water partition coefficient (Wildman–Crippen LogP) is 3.85. The fourth-order valence-corrected chi connectivity index (χ4v) is 2.43. The van der Waals surface area contributed by atoms with Crippen molar-refractivity contribution in [3.8, 4) is 0 Å². The number of nitrogens with zero attached hydrogens (tertiary/aromatic N) is 1. The largest absolute Gasteiger partial charge is 0.293 e. The number of carbonyl (C=O) groups is 1. The second-order valence-electron chi connectivity index (χ2n) is 3.48. The molecule has 0 radical (unpaired) electrons. The smallest absolute Gasteiger partial charge is 0.176 e. The number of thioether (sulfide) groups is 1. The van der Waals surface area contributed by atoms with E-state index in [2.05, 4.69) is 4.98 Å². The molecule has 0 saturated heterocycles. The molecule has 2 aromatic rings. The number of benzene rings is 1. The van der Waals surface area contributed by atoms with Crippen molar-refractivity contribution in [3.05, 3.63) is 59.0 Å². The summed E-state index contributed by atoms with van der Waals surface area (Å²) in [5, 5.41) is 1.06. The standard InChI is InChI=1S/C13H9ClFNOS/c14-10-5-3-7-16-13(10)18-8-12(17)9-4-1-2-6-11(9)15/h1-7H,8H2. The van der Waals surface area contributed by atoms with Crippen LogP contribution < -0.4 is 0 Å². The lowest BCUT2D eigenvalue weighted by molar-refractivity contribution is 0.101. The van der Waals surface area contributed by atoms with E-state index in [1.807, 2.05) is 0 Å². The minimum atomic E-state index is -0.504. The van der Waals surface area contributed by atoms with Gasteiger partial charge < -0.3 is 0 Å². The topological polar surface area (TPSA) is 30.0 Å². The Morgan fingerprint density at radius 3 is 2.78 bits per heavy atom. The van der Waals surface area contributed by atoms with Crippen LogP contribution in [-0.4, -0.2) is 16.5 Å². The van der Waals surface area contributed by atoms with E-state index in [-0.39, 0.29) is 17.1 Å². The molecule has 0 atom stereocenters. The van der Waals surface area contributed by atoms with Gasteiger partial charge in [0.15, 0.2) is 5.78 Å². The third kappa shape index (κ3) is 3.09. The van der Waals surface area contributed by atoms with Crippen LogP contribution in [0.5, 0.6) is 0 Å². The van der Waals surface area contributed by atoms with E-state index in [1.54, 1.807) is 30.5 Å². The van der Waals surface area contributed by atoms with Gasteiger partial charge in [0.25, 0.3) is 0 Å². The third-order valence-electron chi connectivity index (χ3n) is 2.24. The number of carbonyl (C=O) groups excluding carboxylic acids is 1. The molecule has 1 aromatic heterocycles. The maximum absolute atomic E-state index is 13.4. The number of ketones is 1. The number of rotatable bonds is 4. The monoisotopic (exact) mass is 281 g/mol. The van der Waals surface area contributed by atoms with Gasteiger partial charge in [-0.2, -0.15) is 0 Å². The molecule has 18 heavy (non-hydrogen) atoms. The van der Waals surface area contributed by atoms with Crippen LogP contribution in [0.2, 0.25) is 5.02 Å². The molecule has 1 heterocycles. The summed E-state index contributed by atoms with van der Waals surface area (Å²) in [5.74, 6) is -0.674. The Hall–Kier alpha value is -1.39. The number of aromatic nitrogens is 1. The minimum absolute atomic E-state index is 0.0945. The first kappa shape index (κ1) is 13.1. The average Bonchev–Trinajstić information content (AvgIpc) is 2.38. The van der Waals surface area contributed by atoms with Crippen molar-refractivity contribution in [1.82, 2.24) is 4.98 Å². The van der Waals surface area contributed by atoms with E-state index in [4.69, 9.17) is 11.6 Å². The quantitative estimate of drug-likeness (QED) is 0.630. The number of Topliss-reactive ketones (excluding diaryl/α,β-unsaturated/α-hetero) is 1. The highest BCUT2D eigenvalue weighted by atomic mass is 35.5. The second-order valence-corrected chi connectivity index (χ2v) is 4.85. The molecule has 0 saturated carbocycles. The Kier molecular flexibility index (Phi) is 4.33. The van der Waals surface area contributed by atoms with Gasteiger partial charge >= 0.3 is 0 Å². The lowest BCUT2D eigenvalue weighted by Gasteiger charge is -2.03. The van der Waals surface area contributed by atoms with Crippen molar-refractivity contribution in [2.45, 2.75) is 5.03 Å². The highest BCUT2D eigenvalue weighted by Crippen LogP contribution is 2.25. The van der Waals surface area contributed by atoms with E-state index in [9.17, 15) is 9.18 Å². The Morgan fingerprint density at radius 1 is 1.28 bits per heavy atom. The molecule has 2 nitrogen and oxygen atoms in total. The first-order valence-corrected chi connectivity index (χ1v) is 6.56. The Bertz CT molecular complexity index is 576. The van der Waals surface area contributed by atoms with Gasteiger partial charge in [0.1, 0.15) is 10.8 Å². The summed E-state index contributed by atoms with van der Waals surface area (Å²) in [7, 11) is 0. The van der Waals surface area contributed by atoms with Gasteiger partial charge in [-0.05, 0) is 24.3 Å². The van der Waals surface area contributed by atoms with Crippen molar-refractivity contribution >= 4 is 29.1 Å². The van der Waals surface area contributed by atoms with Crippen molar-refractivity contribution in [1.29, 1.82) is 0 Å². The second kappa shape index (κ2) is 5.98. The normalized spacial score (nSPS) is 10.3. The van der Waals surface area contributed by atoms with Gasteiger partial charge in [0.2, 0.25) is 0 Å². The van der Waals surface area contributed by atoms with Crippen molar-refractivity contribution in [2.75, 3.05) is 5.75 Å². The molecule has 0 amide bonds. The molecule has 1 aromatic carbocycles. The van der Waals surface area contributed by atoms with Gasteiger partial charge in [0.05, 0.1) is 16.3 Å². The summed E-state index contributed by atoms with van der Waals surface area (Å²) >= 11 is 7.12. The molecule has 0 aliphatic heterocycles. The lowest BCUT2D eigenvalue weighted by Crippen LogP contribution is -2.05. The van der Waals surface area contributed by atoms with Crippen LogP contribution in [0.1, 0.15) is 10.4 Å². The number of halogens is 2. The molecular formula is C13H9ClFNOS. The first-order chi connectivity index (χ1) is 8.68. The minimum Gasteiger partial charge on any atom is -0.293 e. The Labute approximate surface area is 113 Å². The SMILES string of the molecule is O=C(CSc1ncccc1Cl)c1ccccc1F. The number of hydrogen-bond donors (Lipinski definition) is 0. The summed E-state index contributed by atoms with van der Waals surface area (Å²) in [4.78, 5) is 15.9. The summed E-state index contributed by atoms with van der Waals surface area (Å²) < 4.78 is 13.4. The summed E-state index contributed by atoms with van der Waals surface area (Å²) in [5.41, 5.74) is 0.0945.